The van der Waals surface area contributed by atoms with Gasteiger partial charge < -0.3 is 19.5 Å². The van der Waals surface area contributed by atoms with Crippen molar-refractivity contribution in [1.29, 1.82) is 0 Å². The number of hydrogen-bond donors (Lipinski definition) is 1. The maximum absolute atomic E-state index is 12.3. The lowest BCUT2D eigenvalue weighted by atomic mass is 10.2. The van der Waals surface area contributed by atoms with E-state index in [0.717, 1.165) is 24.5 Å². The average molecular weight is 390 g/mol. The van der Waals surface area contributed by atoms with Gasteiger partial charge in [0.2, 0.25) is 5.91 Å². The minimum absolute atomic E-state index is 0.0861. The summed E-state index contributed by atoms with van der Waals surface area (Å²) >= 11 is 1.34. The molecule has 1 aromatic carbocycles. The van der Waals surface area contributed by atoms with Crippen LogP contribution >= 0.6 is 11.8 Å². The number of ether oxygens (including phenoxy) is 1. The molecule has 0 atom stereocenters. The van der Waals surface area contributed by atoms with E-state index < -0.39 is 0 Å². The topological polar surface area (TPSA) is 72.3 Å². The Morgan fingerprint density at radius 3 is 2.59 bits per heavy atom. The standard InChI is InChI=1S/C19H27N5O2S/c1-5-12-24-17(13-26-4)21-22-19(24)27-14-18(25)20-15-8-10-16(11-9-15)23(6-2)7-3/h5,8-11H,1,6-7,12-14H2,2-4H3,(H,20,25). The predicted octanol–water partition coefficient (Wildman–Crippen LogP) is 3.19. The van der Waals surface area contributed by atoms with Crippen LogP contribution in [0.15, 0.2) is 42.1 Å². The molecule has 1 aromatic heterocycles. The number of amides is 1. The van der Waals surface area contributed by atoms with Crippen LogP contribution in [0, 0.1) is 0 Å². The Hall–Kier alpha value is -2.32. The zero-order chi connectivity index (χ0) is 19.6. The van der Waals surface area contributed by atoms with Crippen molar-refractivity contribution in [2.75, 3.05) is 36.2 Å². The Kier molecular flexibility index (Phi) is 8.35. The van der Waals surface area contributed by atoms with Gasteiger partial charge in [-0.2, -0.15) is 0 Å². The highest BCUT2D eigenvalue weighted by atomic mass is 32.2. The fourth-order valence-corrected chi connectivity index (χ4v) is 3.41. The Morgan fingerprint density at radius 1 is 1.30 bits per heavy atom. The molecule has 0 spiro atoms. The fourth-order valence-electron chi connectivity index (χ4n) is 2.65. The van der Waals surface area contributed by atoms with E-state index in [1.807, 2.05) is 28.8 Å². The van der Waals surface area contributed by atoms with Crippen LogP contribution in [0.4, 0.5) is 11.4 Å². The van der Waals surface area contributed by atoms with Crippen molar-refractivity contribution < 1.29 is 9.53 Å². The van der Waals surface area contributed by atoms with Crippen LogP contribution in [0.3, 0.4) is 0 Å². The van der Waals surface area contributed by atoms with E-state index in [9.17, 15) is 4.79 Å². The number of carbonyl (C=O) groups excluding carboxylic acids is 1. The number of rotatable bonds is 11. The molecule has 2 rings (SSSR count). The van der Waals surface area contributed by atoms with Crippen LogP contribution < -0.4 is 10.2 Å². The molecule has 0 bridgehead atoms. The van der Waals surface area contributed by atoms with Crippen LogP contribution in [-0.4, -0.2) is 46.6 Å². The summed E-state index contributed by atoms with van der Waals surface area (Å²) in [5, 5.41) is 11.8. The second kappa shape index (κ2) is 10.7. The van der Waals surface area contributed by atoms with Gasteiger partial charge in [0.05, 0.1) is 5.75 Å². The van der Waals surface area contributed by atoms with Crippen molar-refractivity contribution >= 4 is 29.0 Å². The minimum atomic E-state index is -0.0861. The van der Waals surface area contributed by atoms with Gasteiger partial charge in [0, 0.05) is 38.1 Å². The molecule has 0 aliphatic carbocycles. The van der Waals surface area contributed by atoms with Gasteiger partial charge in [0.1, 0.15) is 6.61 Å². The van der Waals surface area contributed by atoms with Crippen molar-refractivity contribution in [3.63, 3.8) is 0 Å². The number of benzene rings is 1. The molecule has 146 valence electrons. The van der Waals surface area contributed by atoms with Crippen molar-refractivity contribution in [3.8, 4) is 0 Å². The molecule has 0 unspecified atom stereocenters. The molecule has 0 saturated heterocycles. The lowest BCUT2D eigenvalue weighted by Gasteiger charge is -2.21. The number of nitrogens with one attached hydrogen (secondary N) is 1. The zero-order valence-electron chi connectivity index (χ0n) is 16.1. The first-order valence-corrected chi connectivity index (χ1v) is 9.91. The van der Waals surface area contributed by atoms with E-state index in [2.05, 4.69) is 40.8 Å². The third kappa shape index (κ3) is 5.83. The molecule has 0 fully saturated rings. The molecule has 1 amide bonds. The zero-order valence-corrected chi connectivity index (χ0v) is 17.0. The number of methoxy groups -OCH3 is 1. The van der Waals surface area contributed by atoms with Gasteiger partial charge >= 0.3 is 0 Å². The summed E-state index contributed by atoms with van der Waals surface area (Å²) in [6, 6.07) is 7.89. The van der Waals surface area contributed by atoms with Crippen molar-refractivity contribution in [3.05, 3.63) is 42.7 Å². The molecular formula is C19H27N5O2S. The van der Waals surface area contributed by atoms with Crippen molar-refractivity contribution in [2.24, 2.45) is 0 Å². The number of thioether (sulfide) groups is 1. The van der Waals surface area contributed by atoms with E-state index in [1.165, 1.54) is 11.8 Å². The quantitative estimate of drug-likeness (QED) is 0.470. The number of anilines is 2. The highest BCUT2D eigenvalue weighted by Crippen LogP contribution is 2.20. The summed E-state index contributed by atoms with van der Waals surface area (Å²) in [6.45, 7) is 10.8. The molecule has 0 aliphatic heterocycles. The number of carbonyl (C=O) groups is 1. The summed E-state index contributed by atoms with van der Waals surface area (Å²) in [7, 11) is 1.61. The minimum Gasteiger partial charge on any atom is -0.377 e. The summed E-state index contributed by atoms with van der Waals surface area (Å²) in [6.07, 6.45) is 1.77. The average Bonchev–Trinajstić information content (AvgIpc) is 3.05. The van der Waals surface area contributed by atoms with Gasteiger partial charge in [-0.15, -0.1) is 16.8 Å². The molecule has 0 saturated carbocycles. The number of nitrogens with zero attached hydrogens (tertiary/aromatic N) is 4. The first kappa shape index (κ1) is 21.0. The molecule has 8 heteroatoms. The lowest BCUT2D eigenvalue weighted by molar-refractivity contribution is -0.113. The third-order valence-electron chi connectivity index (χ3n) is 3.99. The van der Waals surface area contributed by atoms with Gasteiger partial charge in [0.25, 0.3) is 0 Å². The number of hydrogen-bond acceptors (Lipinski definition) is 6. The molecule has 2 aromatic rings. The molecule has 0 radical (unpaired) electrons. The van der Waals surface area contributed by atoms with Gasteiger partial charge in [-0.1, -0.05) is 17.8 Å². The second-order valence-electron chi connectivity index (χ2n) is 5.79. The normalized spacial score (nSPS) is 10.6. The summed E-state index contributed by atoms with van der Waals surface area (Å²) in [5.74, 6) is 0.879. The lowest BCUT2D eigenvalue weighted by Crippen LogP contribution is -2.21. The second-order valence-corrected chi connectivity index (χ2v) is 6.73. The molecule has 1 N–H and O–H groups in total. The van der Waals surface area contributed by atoms with Crippen LogP contribution in [0.1, 0.15) is 19.7 Å². The maximum atomic E-state index is 12.3. The number of aromatic nitrogens is 3. The monoisotopic (exact) mass is 389 g/mol. The Balaban J connectivity index is 1.93. The molecule has 0 aliphatic rings. The Morgan fingerprint density at radius 2 is 2.00 bits per heavy atom. The summed E-state index contributed by atoms with van der Waals surface area (Å²) in [4.78, 5) is 14.5. The van der Waals surface area contributed by atoms with Gasteiger partial charge in [-0.25, -0.2) is 0 Å². The molecule has 7 nitrogen and oxygen atoms in total. The SMILES string of the molecule is C=CCn1c(COC)nnc1SCC(=O)Nc1ccc(N(CC)CC)cc1. The van der Waals surface area contributed by atoms with Crippen LogP contribution in [-0.2, 0) is 22.7 Å². The Bertz CT molecular complexity index is 741. The predicted molar refractivity (Wildman–Crippen MR) is 110 cm³/mol. The van der Waals surface area contributed by atoms with Gasteiger partial charge in [-0.05, 0) is 38.1 Å². The fraction of sp³-hybridized carbons (Fsp3) is 0.421. The summed E-state index contributed by atoms with van der Waals surface area (Å²) < 4.78 is 7.02. The molecular weight excluding hydrogens is 362 g/mol. The number of allylic oxidation sites excluding steroid dienone is 1. The highest BCUT2D eigenvalue weighted by Gasteiger charge is 2.13. The highest BCUT2D eigenvalue weighted by molar-refractivity contribution is 7.99. The van der Waals surface area contributed by atoms with Crippen molar-refractivity contribution in [2.45, 2.75) is 32.2 Å². The first-order valence-electron chi connectivity index (χ1n) is 8.92. The van der Waals surface area contributed by atoms with Gasteiger partial charge in [0.15, 0.2) is 11.0 Å². The van der Waals surface area contributed by atoms with Crippen molar-refractivity contribution in [1.82, 2.24) is 14.8 Å². The van der Waals surface area contributed by atoms with Crippen LogP contribution in [0.5, 0.6) is 0 Å². The van der Waals surface area contributed by atoms with E-state index in [4.69, 9.17) is 4.74 Å². The smallest absolute Gasteiger partial charge is 0.234 e. The van der Waals surface area contributed by atoms with E-state index >= 15 is 0 Å². The van der Waals surface area contributed by atoms with Gasteiger partial charge in [-0.3, -0.25) is 4.79 Å². The largest absolute Gasteiger partial charge is 0.377 e. The molecule has 27 heavy (non-hydrogen) atoms. The van der Waals surface area contributed by atoms with Crippen LogP contribution in [0.25, 0.3) is 0 Å². The van der Waals surface area contributed by atoms with E-state index in [-0.39, 0.29) is 11.7 Å². The Labute approximate surface area is 164 Å². The summed E-state index contributed by atoms with van der Waals surface area (Å²) in [5.41, 5.74) is 1.93. The van der Waals surface area contributed by atoms with Crippen LogP contribution in [0.2, 0.25) is 0 Å². The first-order chi connectivity index (χ1) is 13.1. The molecule has 1 heterocycles. The third-order valence-corrected chi connectivity index (χ3v) is 4.96. The van der Waals surface area contributed by atoms with E-state index in [1.54, 1.807) is 13.2 Å². The maximum Gasteiger partial charge on any atom is 0.234 e. The van der Waals surface area contributed by atoms with E-state index in [0.29, 0.717) is 24.1 Å².